The molecule has 4 heteroatoms. The molecule has 1 aliphatic heterocycles. The molecular formula is C25H21ClN2O. The fourth-order valence-corrected chi connectivity index (χ4v) is 3.58. The average molecular weight is 401 g/mol. The molecule has 0 bridgehead atoms. The zero-order valence-electron chi connectivity index (χ0n) is 15.9. The molecule has 0 unspecified atom stereocenters. The summed E-state index contributed by atoms with van der Waals surface area (Å²) >= 11 is 6.10. The van der Waals surface area contributed by atoms with Gasteiger partial charge in [0.2, 0.25) is 0 Å². The predicted molar refractivity (Wildman–Crippen MR) is 122 cm³/mol. The zero-order chi connectivity index (χ0) is 20.1. The second-order valence-corrected chi connectivity index (χ2v) is 7.25. The molecule has 1 aliphatic rings. The number of benzene rings is 3. The van der Waals surface area contributed by atoms with E-state index in [1.165, 1.54) is 0 Å². The van der Waals surface area contributed by atoms with Crippen molar-refractivity contribution in [3.8, 4) is 0 Å². The van der Waals surface area contributed by atoms with Crippen LogP contribution in [0.3, 0.4) is 0 Å². The Labute approximate surface area is 175 Å². The Balaban J connectivity index is 1.70. The fraction of sp³-hybridized carbons (Fsp3) is 0.0800. The Kier molecular flexibility index (Phi) is 5.78. The number of anilines is 1. The maximum absolute atomic E-state index is 12.7. The van der Waals surface area contributed by atoms with Gasteiger partial charge in [0.1, 0.15) is 0 Å². The molecule has 144 valence electrons. The monoisotopic (exact) mass is 400 g/mol. The Morgan fingerprint density at radius 3 is 2.55 bits per heavy atom. The van der Waals surface area contributed by atoms with Crippen LogP contribution in [0.4, 0.5) is 5.69 Å². The van der Waals surface area contributed by atoms with Gasteiger partial charge in [-0.1, -0.05) is 72.3 Å². The maximum atomic E-state index is 12.7. The van der Waals surface area contributed by atoms with Gasteiger partial charge in [-0.2, -0.15) is 0 Å². The summed E-state index contributed by atoms with van der Waals surface area (Å²) in [5.74, 6) is -0.124. The van der Waals surface area contributed by atoms with Gasteiger partial charge in [-0.15, -0.1) is 0 Å². The van der Waals surface area contributed by atoms with Crippen LogP contribution in [0, 0.1) is 0 Å². The number of carbonyl (C=O) groups is 1. The van der Waals surface area contributed by atoms with Crippen molar-refractivity contribution < 1.29 is 4.79 Å². The van der Waals surface area contributed by atoms with Crippen LogP contribution in [0.2, 0.25) is 5.02 Å². The SMILES string of the molecule is O=C(Nc1cccc(/C=C/c2cccc(Cl)c2)c1C1=CCCN1)c1ccccc1. The number of nitrogens with one attached hydrogen (secondary N) is 2. The first-order chi connectivity index (χ1) is 14.2. The van der Waals surface area contributed by atoms with Crippen LogP contribution in [-0.4, -0.2) is 12.5 Å². The Hall–Kier alpha value is -3.30. The quantitative estimate of drug-likeness (QED) is 0.508. The normalized spacial score (nSPS) is 13.2. The van der Waals surface area contributed by atoms with E-state index in [0.717, 1.165) is 41.0 Å². The summed E-state index contributed by atoms with van der Waals surface area (Å²) in [5.41, 5.74) is 5.50. The Bertz CT molecular complexity index is 1090. The van der Waals surface area contributed by atoms with Gasteiger partial charge in [0.15, 0.2) is 0 Å². The standard InChI is InChI=1S/C25H21ClN2O/c26-21-11-4-7-18(17-21)14-15-19-10-5-12-23(24(19)22-13-6-16-27-22)28-25(29)20-8-2-1-3-9-20/h1-5,7-15,17,27H,6,16H2,(H,28,29)/b15-14+. The van der Waals surface area contributed by atoms with Crippen LogP contribution in [0.5, 0.6) is 0 Å². The van der Waals surface area contributed by atoms with Gasteiger partial charge in [-0.3, -0.25) is 4.79 Å². The first kappa shape index (κ1) is 19.0. The molecule has 0 aromatic heterocycles. The lowest BCUT2D eigenvalue weighted by molar-refractivity contribution is 0.102. The van der Waals surface area contributed by atoms with E-state index < -0.39 is 0 Å². The molecule has 0 fully saturated rings. The highest BCUT2D eigenvalue weighted by molar-refractivity contribution is 6.30. The number of hydrogen-bond donors (Lipinski definition) is 2. The Morgan fingerprint density at radius 2 is 1.79 bits per heavy atom. The number of rotatable bonds is 5. The lowest BCUT2D eigenvalue weighted by atomic mass is 10.0. The summed E-state index contributed by atoms with van der Waals surface area (Å²) in [6.45, 7) is 0.897. The summed E-state index contributed by atoms with van der Waals surface area (Å²) in [7, 11) is 0. The number of halogens is 1. The zero-order valence-corrected chi connectivity index (χ0v) is 16.6. The highest BCUT2D eigenvalue weighted by atomic mass is 35.5. The van der Waals surface area contributed by atoms with Crippen LogP contribution in [-0.2, 0) is 0 Å². The minimum absolute atomic E-state index is 0.124. The molecule has 3 aromatic rings. The molecular weight excluding hydrogens is 380 g/mol. The van der Waals surface area contributed by atoms with Crippen molar-refractivity contribution in [1.82, 2.24) is 5.32 Å². The number of hydrogen-bond acceptors (Lipinski definition) is 2. The third-order valence-corrected chi connectivity index (χ3v) is 5.00. The largest absolute Gasteiger partial charge is 0.384 e. The van der Waals surface area contributed by atoms with E-state index in [1.807, 2.05) is 72.8 Å². The van der Waals surface area contributed by atoms with Gasteiger partial charge in [-0.25, -0.2) is 0 Å². The number of carbonyl (C=O) groups excluding carboxylic acids is 1. The first-order valence-corrected chi connectivity index (χ1v) is 9.96. The van der Waals surface area contributed by atoms with Crippen LogP contribution < -0.4 is 10.6 Å². The van der Waals surface area contributed by atoms with Gasteiger partial charge in [0, 0.05) is 28.4 Å². The van der Waals surface area contributed by atoms with Crippen molar-refractivity contribution in [2.75, 3.05) is 11.9 Å². The molecule has 0 atom stereocenters. The lowest BCUT2D eigenvalue weighted by Crippen LogP contribution is -2.15. The minimum atomic E-state index is -0.124. The van der Waals surface area contributed by atoms with Crippen molar-refractivity contribution in [3.63, 3.8) is 0 Å². The summed E-state index contributed by atoms with van der Waals surface area (Å²) in [5, 5.41) is 7.21. The third-order valence-electron chi connectivity index (χ3n) is 4.76. The van der Waals surface area contributed by atoms with Crippen LogP contribution in [0.1, 0.15) is 33.5 Å². The van der Waals surface area contributed by atoms with E-state index >= 15 is 0 Å². The summed E-state index contributed by atoms with van der Waals surface area (Å²) < 4.78 is 0. The molecule has 0 saturated heterocycles. The third kappa shape index (κ3) is 4.58. The molecule has 0 radical (unpaired) electrons. The van der Waals surface area contributed by atoms with E-state index in [4.69, 9.17) is 11.6 Å². The van der Waals surface area contributed by atoms with Gasteiger partial charge in [0.25, 0.3) is 5.91 Å². The Morgan fingerprint density at radius 1 is 0.966 bits per heavy atom. The average Bonchev–Trinajstić information content (AvgIpc) is 3.27. The summed E-state index contributed by atoms with van der Waals surface area (Å²) in [4.78, 5) is 12.7. The molecule has 4 rings (SSSR count). The smallest absolute Gasteiger partial charge is 0.255 e. The van der Waals surface area contributed by atoms with Gasteiger partial charge >= 0.3 is 0 Å². The van der Waals surface area contributed by atoms with E-state index in [1.54, 1.807) is 0 Å². The van der Waals surface area contributed by atoms with E-state index in [2.05, 4.69) is 28.9 Å². The topological polar surface area (TPSA) is 41.1 Å². The van der Waals surface area contributed by atoms with E-state index in [9.17, 15) is 4.79 Å². The molecule has 1 heterocycles. The molecule has 0 spiro atoms. The first-order valence-electron chi connectivity index (χ1n) is 9.58. The van der Waals surface area contributed by atoms with Crippen molar-refractivity contribution in [1.29, 1.82) is 0 Å². The second-order valence-electron chi connectivity index (χ2n) is 6.81. The van der Waals surface area contributed by atoms with Crippen molar-refractivity contribution in [2.24, 2.45) is 0 Å². The molecule has 0 saturated carbocycles. The van der Waals surface area contributed by atoms with Gasteiger partial charge < -0.3 is 10.6 Å². The van der Waals surface area contributed by atoms with Crippen molar-refractivity contribution >= 4 is 41.0 Å². The van der Waals surface area contributed by atoms with Crippen LogP contribution >= 0.6 is 11.6 Å². The van der Waals surface area contributed by atoms with Crippen LogP contribution in [0.15, 0.2) is 78.9 Å². The minimum Gasteiger partial charge on any atom is -0.384 e. The molecule has 29 heavy (non-hydrogen) atoms. The van der Waals surface area contributed by atoms with Crippen molar-refractivity contribution in [3.05, 3.63) is 106 Å². The van der Waals surface area contributed by atoms with Gasteiger partial charge in [0.05, 0.1) is 5.69 Å². The van der Waals surface area contributed by atoms with Gasteiger partial charge in [-0.05, 0) is 47.9 Å². The summed E-state index contributed by atoms with van der Waals surface area (Å²) in [6, 6.07) is 22.9. The van der Waals surface area contributed by atoms with E-state index in [-0.39, 0.29) is 5.91 Å². The maximum Gasteiger partial charge on any atom is 0.255 e. The van der Waals surface area contributed by atoms with Crippen molar-refractivity contribution in [2.45, 2.75) is 6.42 Å². The highest BCUT2D eigenvalue weighted by Gasteiger charge is 2.16. The summed E-state index contributed by atoms with van der Waals surface area (Å²) in [6.07, 6.45) is 7.22. The number of amides is 1. The molecule has 3 nitrogen and oxygen atoms in total. The second kappa shape index (κ2) is 8.80. The highest BCUT2D eigenvalue weighted by Crippen LogP contribution is 2.30. The molecule has 0 aliphatic carbocycles. The molecule has 1 amide bonds. The fourth-order valence-electron chi connectivity index (χ4n) is 3.38. The molecule has 2 N–H and O–H groups in total. The van der Waals surface area contributed by atoms with E-state index in [0.29, 0.717) is 10.6 Å². The predicted octanol–water partition coefficient (Wildman–Crippen LogP) is 6.10. The lowest BCUT2D eigenvalue weighted by Gasteiger charge is -2.16. The van der Waals surface area contributed by atoms with Crippen LogP contribution in [0.25, 0.3) is 17.8 Å². The molecule has 3 aromatic carbocycles.